The van der Waals surface area contributed by atoms with Crippen LogP contribution in [0.25, 0.3) is 0 Å². The summed E-state index contributed by atoms with van der Waals surface area (Å²) in [6, 6.07) is 16.7. The van der Waals surface area contributed by atoms with Gasteiger partial charge in [0, 0.05) is 35.4 Å². The first-order chi connectivity index (χ1) is 49.3. The number of allylic oxidation sites excluding steroid dienone is 4. The van der Waals surface area contributed by atoms with Crippen LogP contribution in [-0.4, -0.2) is 135 Å². The van der Waals surface area contributed by atoms with Crippen molar-refractivity contribution in [2.24, 2.45) is 10.8 Å². The standard InChI is InChI=1S/C21H34O4Si.C19H28O5.C19H32O4Si.C18H26O5.C7H8O2/c1-15-13-16(11-9-10-12-22)17-14-24-26(20(2,3)4,21(5,6)7)25-19(17)18(15)23-8;1-14-11-15(12-16(17(14)22-6)24-13-21-5)9-7-8-10-23-18(20)19(2,3)4;1-15-12-16(13-17(18(15)20)22-14-21-5)10-8-9-11-23-24(6,7)19(2,3)4;1-12-10-13(14(11-19)15(20)16(12)22-5)8-6-7-9-23-17(21)18(2,3)4;1-5-3-2-4-6(8)7(5)9/h9-10,13,22H,11-12,14H2,1-8H3;7-8,11-12H,9-10,13H2,1-6H3;8-9,12-13,20H,10-11,14H2,1-7H3;6-7,10,19-20H,8-9,11H2,1-5H3;2-4,8-9H,1H3/b10-9+;8-7+;9-8+;7-6+;. The predicted octanol–water partition coefficient (Wildman–Crippen LogP) is 17.8. The van der Waals surface area contributed by atoms with Gasteiger partial charge in [0.05, 0.1) is 58.6 Å². The van der Waals surface area contributed by atoms with Crippen LogP contribution in [0.3, 0.4) is 0 Å². The van der Waals surface area contributed by atoms with Gasteiger partial charge in [-0.1, -0.05) is 147 Å². The second-order valence-electron chi connectivity index (χ2n) is 31.5. The molecule has 0 radical (unpaired) electrons. The van der Waals surface area contributed by atoms with Crippen LogP contribution in [0.2, 0.25) is 28.2 Å². The van der Waals surface area contributed by atoms with E-state index in [1.54, 1.807) is 80.4 Å². The molecule has 1 aliphatic rings. The number of methoxy groups -OCH3 is 5. The number of hydrogen-bond donors (Lipinski definition) is 6. The lowest BCUT2D eigenvalue weighted by Crippen LogP contribution is -2.61. The first kappa shape index (κ1) is 94.3. The Morgan fingerprint density at radius 3 is 1.42 bits per heavy atom. The molecule has 0 atom stereocenters. The van der Waals surface area contributed by atoms with Gasteiger partial charge in [-0.25, -0.2) is 0 Å². The number of carbonyl (C=O) groups is 2. The Kier molecular flexibility index (Phi) is 38.5. The summed E-state index contributed by atoms with van der Waals surface area (Å²) in [5.74, 6) is 3.44. The molecular formula is C84H128O20Si2. The first-order valence-electron chi connectivity index (χ1n) is 35.7. The van der Waals surface area contributed by atoms with Gasteiger partial charge in [0.1, 0.15) is 13.2 Å². The van der Waals surface area contributed by atoms with Crippen molar-refractivity contribution >= 4 is 28.8 Å². The van der Waals surface area contributed by atoms with Gasteiger partial charge in [-0.05, 0) is 188 Å². The molecule has 0 aromatic heterocycles. The molecule has 1 aliphatic heterocycles. The number of aryl methyl sites for hydroxylation is 5. The molecule has 0 aliphatic carbocycles. The summed E-state index contributed by atoms with van der Waals surface area (Å²) in [7, 11) is 3.62. The molecule has 592 valence electrons. The molecule has 106 heavy (non-hydrogen) atoms. The van der Waals surface area contributed by atoms with Crippen LogP contribution in [0.5, 0.6) is 57.5 Å². The molecule has 0 unspecified atom stereocenters. The normalized spacial score (nSPS) is 13.1. The Balaban J connectivity index is 0.000000461. The number of carbonyl (C=O) groups excluding carboxylic acids is 2. The van der Waals surface area contributed by atoms with Crippen molar-refractivity contribution in [2.45, 2.75) is 206 Å². The topological polar surface area (TPSA) is 266 Å². The van der Waals surface area contributed by atoms with Gasteiger partial charge < -0.3 is 86.5 Å². The number of phenolic OH excluding ortho intramolecular Hbond substituents is 3. The molecule has 5 aromatic carbocycles. The lowest BCUT2D eigenvalue weighted by Gasteiger charge is -2.51. The number of aliphatic hydroxyl groups excluding tert-OH is 2. The van der Waals surface area contributed by atoms with Gasteiger partial charge in [-0.2, -0.15) is 0 Å². The summed E-state index contributed by atoms with van der Waals surface area (Å²) in [6.07, 6.45) is 18.0. The van der Waals surface area contributed by atoms with E-state index in [1.807, 2.05) is 96.2 Å². The minimum absolute atomic E-state index is 0.0300. The zero-order valence-electron chi connectivity index (χ0n) is 68.7. The molecule has 0 saturated carbocycles. The van der Waals surface area contributed by atoms with Crippen molar-refractivity contribution in [1.29, 1.82) is 0 Å². The van der Waals surface area contributed by atoms with E-state index in [2.05, 4.69) is 101 Å². The molecule has 1 heterocycles. The number of aromatic hydroxyl groups is 4. The zero-order valence-corrected chi connectivity index (χ0v) is 70.7. The molecule has 6 N–H and O–H groups in total. The van der Waals surface area contributed by atoms with Crippen LogP contribution in [0, 0.1) is 45.4 Å². The van der Waals surface area contributed by atoms with Crippen molar-refractivity contribution in [3.63, 3.8) is 0 Å². The molecule has 0 spiro atoms. The largest absolute Gasteiger partial charge is 0.516 e. The summed E-state index contributed by atoms with van der Waals surface area (Å²) < 4.78 is 66.9. The third-order valence-electron chi connectivity index (χ3n) is 17.5. The Hall–Kier alpha value is -7.81. The second-order valence-corrected chi connectivity index (χ2v) is 41.0. The second kappa shape index (κ2) is 43.3. The van der Waals surface area contributed by atoms with Gasteiger partial charge in [0.25, 0.3) is 0 Å². The van der Waals surface area contributed by atoms with Crippen molar-refractivity contribution in [1.82, 2.24) is 0 Å². The van der Waals surface area contributed by atoms with Crippen LogP contribution in [0.4, 0.5) is 0 Å². The van der Waals surface area contributed by atoms with Crippen LogP contribution in [-0.2, 0) is 76.3 Å². The highest BCUT2D eigenvalue weighted by Crippen LogP contribution is 2.57. The number of fused-ring (bicyclic) bond motifs is 1. The van der Waals surface area contributed by atoms with E-state index in [9.17, 15) is 24.9 Å². The SMILES string of the molecule is COCOc1cc(C/C=C/COC(=O)C(C)(C)C)cc(C)c1OC.COCOc1cc(C/C=C/CO[Si](C)(C)C(C)(C)C)cc(C)c1O.COc1c(C)cc(C/C=C/CO)c2c1O[Si](C(C)(C)C)(C(C)(C)C)OC2.COc1c(C)cc(C/C=C/COC(=O)C(C)(C)C)c(CO)c1O.Cc1cccc(O)c1O. The first-order valence-corrected chi connectivity index (χ1v) is 40.4. The number of benzene rings is 5. The smallest absolute Gasteiger partial charge is 0.410 e. The average molecular weight is 1510 g/mol. The molecule has 20 nitrogen and oxygen atoms in total. The minimum atomic E-state index is -2.61. The van der Waals surface area contributed by atoms with E-state index in [0.29, 0.717) is 60.2 Å². The third kappa shape index (κ3) is 28.7. The summed E-state index contributed by atoms with van der Waals surface area (Å²) in [5, 5.41) is 56.5. The lowest BCUT2D eigenvalue weighted by molar-refractivity contribution is -0.152. The summed E-state index contributed by atoms with van der Waals surface area (Å²) >= 11 is 0. The van der Waals surface area contributed by atoms with E-state index in [0.717, 1.165) is 74.4 Å². The number of aliphatic hydroxyl groups is 2. The fraction of sp³-hybridized carbons (Fsp3) is 0.524. The van der Waals surface area contributed by atoms with Gasteiger partial charge in [-0.15, -0.1) is 0 Å². The molecule has 5 aromatic rings. The predicted molar refractivity (Wildman–Crippen MR) is 426 cm³/mol. The summed E-state index contributed by atoms with van der Waals surface area (Å²) in [4.78, 5) is 23.3. The summed E-state index contributed by atoms with van der Waals surface area (Å²) in [6.45, 7) is 46.6. The maximum Gasteiger partial charge on any atom is 0.410 e. The van der Waals surface area contributed by atoms with E-state index < -0.39 is 27.7 Å². The Morgan fingerprint density at radius 2 is 0.962 bits per heavy atom. The van der Waals surface area contributed by atoms with Crippen LogP contribution >= 0.6 is 0 Å². The van der Waals surface area contributed by atoms with Crippen molar-refractivity contribution in [3.8, 4) is 57.5 Å². The number of ether oxygens (including phenoxy) is 9. The highest BCUT2D eigenvalue weighted by molar-refractivity contribution is 6.74. The van der Waals surface area contributed by atoms with Crippen LogP contribution in [0.15, 0.2) is 103 Å². The van der Waals surface area contributed by atoms with Crippen LogP contribution < -0.4 is 28.1 Å². The molecule has 0 bridgehead atoms. The minimum Gasteiger partial charge on any atom is -0.516 e. The monoisotopic (exact) mass is 1510 g/mol. The maximum absolute atomic E-state index is 11.7. The molecule has 22 heteroatoms. The quantitative estimate of drug-likeness (QED) is 0.00987. The Labute approximate surface area is 635 Å². The van der Waals surface area contributed by atoms with E-state index >= 15 is 0 Å². The van der Waals surface area contributed by atoms with Crippen molar-refractivity contribution < 1.29 is 96.1 Å². The Bertz CT molecular complexity index is 3670. The van der Waals surface area contributed by atoms with E-state index in [-0.39, 0.29) is 90.1 Å². The van der Waals surface area contributed by atoms with E-state index in [1.165, 1.54) is 13.2 Å². The number of para-hydroxylation sites is 1. The van der Waals surface area contributed by atoms with Gasteiger partial charge >= 0.3 is 20.5 Å². The highest BCUT2D eigenvalue weighted by Gasteiger charge is 2.62. The number of hydrogen-bond acceptors (Lipinski definition) is 20. The summed E-state index contributed by atoms with van der Waals surface area (Å²) in [5.41, 5.74) is 8.98. The number of esters is 2. The van der Waals surface area contributed by atoms with Gasteiger partial charge in [0.15, 0.2) is 79.4 Å². The third-order valence-corrected chi connectivity index (χ3v) is 27.0. The molecule has 6 rings (SSSR count). The fourth-order valence-corrected chi connectivity index (χ4v) is 16.4. The van der Waals surface area contributed by atoms with Crippen LogP contribution in [0.1, 0.15) is 165 Å². The molecular weight excluding hydrogens is 1390 g/mol. The molecule has 0 fully saturated rings. The lowest BCUT2D eigenvalue weighted by atomic mass is 9.97. The highest BCUT2D eigenvalue weighted by atomic mass is 28.4. The molecule has 0 saturated heterocycles. The fourth-order valence-electron chi connectivity index (χ4n) is 10.8. The van der Waals surface area contributed by atoms with E-state index in [4.69, 9.17) is 71.2 Å². The van der Waals surface area contributed by atoms with Gasteiger partial charge in [-0.3, -0.25) is 9.59 Å². The van der Waals surface area contributed by atoms with Crippen molar-refractivity contribution in [3.05, 3.63) is 164 Å². The zero-order chi connectivity index (χ0) is 80.8. The Morgan fingerprint density at radius 1 is 0.509 bits per heavy atom. The van der Waals surface area contributed by atoms with Gasteiger partial charge in [0.2, 0.25) is 0 Å². The van der Waals surface area contributed by atoms with Crippen molar-refractivity contribution in [2.75, 3.05) is 75.6 Å². The average Bonchev–Trinajstić information content (AvgIpc) is 0.725. The number of rotatable bonds is 26. The number of phenols is 4. The maximum atomic E-state index is 11.7. The molecule has 0 amide bonds.